The molecule has 22 heavy (non-hydrogen) atoms. The number of aliphatic carboxylic acids is 1. The summed E-state index contributed by atoms with van der Waals surface area (Å²) in [4.78, 5) is 38.2. The standard InChI is InChI=1S/C14H17BrN2O5/c1-2-22-12(19)6-5-11(18)17-10(14(20)21)8-9-4-3-7-16-13(9)15/h3-4,7,10H,2,5-6,8H2,1H3,(H,17,18)(H,20,21)/t10-/m0/s1. The van der Waals surface area contributed by atoms with Crippen LogP contribution in [0.2, 0.25) is 0 Å². The largest absolute Gasteiger partial charge is 0.480 e. The van der Waals surface area contributed by atoms with Gasteiger partial charge in [-0.3, -0.25) is 9.59 Å². The van der Waals surface area contributed by atoms with Gasteiger partial charge in [-0.15, -0.1) is 0 Å². The molecule has 1 amide bonds. The molecule has 0 radical (unpaired) electrons. The highest BCUT2D eigenvalue weighted by Crippen LogP contribution is 2.14. The molecule has 7 nitrogen and oxygen atoms in total. The Morgan fingerprint density at radius 3 is 2.73 bits per heavy atom. The lowest BCUT2D eigenvalue weighted by Crippen LogP contribution is -2.42. The number of halogens is 1. The minimum Gasteiger partial charge on any atom is -0.480 e. The van der Waals surface area contributed by atoms with Gasteiger partial charge < -0.3 is 15.2 Å². The number of pyridine rings is 1. The topological polar surface area (TPSA) is 106 Å². The molecule has 0 saturated carbocycles. The fourth-order valence-electron chi connectivity index (χ4n) is 1.71. The molecule has 0 saturated heterocycles. The van der Waals surface area contributed by atoms with E-state index in [1.54, 1.807) is 25.3 Å². The maximum Gasteiger partial charge on any atom is 0.326 e. The summed E-state index contributed by atoms with van der Waals surface area (Å²) in [7, 11) is 0. The Morgan fingerprint density at radius 1 is 1.41 bits per heavy atom. The van der Waals surface area contributed by atoms with E-state index in [-0.39, 0.29) is 25.9 Å². The van der Waals surface area contributed by atoms with Crippen LogP contribution >= 0.6 is 15.9 Å². The highest BCUT2D eigenvalue weighted by atomic mass is 79.9. The number of carboxylic acid groups (broad SMARTS) is 1. The molecule has 1 heterocycles. The number of carboxylic acids is 1. The van der Waals surface area contributed by atoms with Crippen LogP contribution in [-0.4, -0.2) is 40.6 Å². The zero-order chi connectivity index (χ0) is 16.5. The van der Waals surface area contributed by atoms with E-state index >= 15 is 0 Å². The molecule has 1 rings (SSSR count). The normalized spacial score (nSPS) is 11.5. The summed E-state index contributed by atoms with van der Waals surface area (Å²) in [5.74, 6) is -2.15. The van der Waals surface area contributed by atoms with E-state index in [0.29, 0.717) is 10.2 Å². The fraction of sp³-hybridized carbons (Fsp3) is 0.429. The summed E-state index contributed by atoms with van der Waals surface area (Å²) < 4.78 is 5.24. The molecule has 0 unspecified atom stereocenters. The van der Waals surface area contributed by atoms with Crippen LogP contribution in [0.1, 0.15) is 25.3 Å². The quantitative estimate of drug-likeness (QED) is 0.526. The van der Waals surface area contributed by atoms with Crippen molar-refractivity contribution in [3.63, 3.8) is 0 Å². The van der Waals surface area contributed by atoms with Gasteiger partial charge in [0, 0.05) is 19.0 Å². The van der Waals surface area contributed by atoms with Crippen LogP contribution in [0.4, 0.5) is 0 Å². The maximum atomic E-state index is 11.7. The van der Waals surface area contributed by atoms with Gasteiger partial charge in [0.25, 0.3) is 0 Å². The highest BCUT2D eigenvalue weighted by Gasteiger charge is 2.22. The Hall–Kier alpha value is -1.96. The number of ether oxygens (including phenoxy) is 1. The van der Waals surface area contributed by atoms with E-state index in [1.807, 2.05) is 0 Å². The Balaban J connectivity index is 2.58. The lowest BCUT2D eigenvalue weighted by atomic mass is 10.1. The van der Waals surface area contributed by atoms with Gasteiger partial charge in [-0.25, -0.2) is 9.78 Å². The summed E-state index contributed by atoms with van der Waals surface area (Å²) in [5.41, 5.74) is 0.667. The minimum atomic E-state index is -1.15. The van der Waals surface area contributed by atoms with Gasteiger partial charge in [0.1, 0.15) is 10.6 Å². The number of aromatic nitrogens is 1. The van der Waals surface area contributed by atoms with E-state index in [1.165, 1.54) is 0 Å². The smallest absolute Gasteiger partial charge is 0.326 e. The number of carbonyl (C=O) groups excluding carboxylic acids is 2. The van der Waals surface area contributed by atoms with Crippen molar-refractivity contribution in [2.75, 3.05) is 6.61 Å². The first-order valence-corrected chi connectivity index (χ1v) is 7.50. The van der Waals surface area contributed by atoms with Crippen LogP contribution < -0.4 is 5.32 Å². The van der Waals surface area contributed by atoms with Gasteiger partial charge in [-0.2, -0.15) is 0 Å². The molecule has 0 aliphatic heterocycles. The van der Waals surface area contributed by atoms with Gasteiger partial charge >= 0.3 is 11.9 Å². The van der Waals surface area contributed by atoms with Crippen LogP contribution in [0, 0.1) is 0 Å². The molecule has 1 aromatic heterocycles. The monoisotopic (exact) mass is 372 g/mol. The van der Waals surface area contributed by atoms with Crippen LogP contribution in [0.5, 0.6) is 0 Å². The van der Waals surface area contributed by atoms with E-state index < -0.39 is 23.9 Å². The molecular weight excluding hydrogens is 356 g/mol. The molecule has 1 atom stereocenters. The van der Waals surface area contributed by atoms with Gasteiger partial charge in [0.15, 0.2) is 0 Å². The van der Waals surface area contributed by atoms with Gasteiger partial charge in [-0.05, 0) is 34.5 Å². The number of nitrogens with one attached hydrogen (secondary N) is 1. The number of carbonyl (C=O) groups is 3. The van der Waals surface area contributed by atoms with Crippen molar-refractivity contribution in [1.82, 2.24) is 10.3 Å². The Labute approximate surface area is 136 Å². The third-order valence-corrected chi connectivity index (χ3v) is 3.47. The van der Waals surface area contributed by atoms with Gasteiger partial charge in [0.05, 0.1) is 13.0 Å². The second-order valence-electron chi connectivity index (χ2n) is 4.42. The van der Waals surface area contributed by atoms with Crippen molar-refractivity contribution >= 4 is 33.8 Å². The second kappa shape index (κ2) is 9.14. The molecule has 0 aliphatic rings. The van der Waals surface area contributed by atoms with E-state index in [4.69, 9.17) is 4.74 Å². The zero-order valence-corrected chi connectivity index (χ0v) is 13.6. The first kappa shape index (κ1) is 18.1. The average Bonchev–Trinajstić information content (AvgIpc) is 2.47. The molecule has 0 bridgehead atoms. The van der Waals surface area contributed by atoms with Crippen molar-refractivity contribution in [3.05, 3.63) is 28.5 Å². The summed E-state index contributed by atoms with van der Waals surface area (Å²) >= 11 is 3.23. The van der Waals surface area contributed by atoms with Crippen molar-refractivity contribution in [1.29, 1.82) is 0 Å². The Morgan fingerprint density at radius 2 is 2.14 bits per heavy atom. The van der Waals surface area contributed by atoms with Crippen LogP contribution in [0.15, 0.2) is 22.9 Å². The molecule has 0 aromatic carbocycles. The molecule has 0 fully saturated rings. The number of nitrogens with zero attached hydrogens (tertiary/aromatic N) is 1. The van der Waals surface area contributed by atoms with Crippen LogP contribution in [-0.2, 0) is 25.5 Å². The predicted molar refractivity (Wildman–Crippen MR) is 81.1 cm³/mol. The molecule has 0 spiro atoms. The van der Waals surface area contributed by atoms with Crippen molar-refractivity contribution in [3.8, 4) is 0 Å². The molecule has 0 aliphatic carbocycles. The van der Waals surface area contributed by atoms with Crippen molar-refractivity contribution in [2.45, 2.75) is 32.2 Å². The Kier molecular flexibility index (Phi) is 7.51. The summed E-state index contributed by atoms with van der Waals surface area (Å²) in [6.45, 7) is 1.91. The lowest BCUT2D eigenvalue weighted by molar-refractivity contribution is -0.144. The molecule has 2 N–H and O–H groups in total. The number of amides is 1. The molecule has 1 aromatic rings. The summed E-state index contributed by atoms with van der Waals surface area (Å²) in [6.07, 6.45) is 1.47. The SMILES string of the molecule is CCOC(=O)CCC(=O)N[C@@H](Cc1cccnc1Br)C(=O)O. The van der Waals surface area contributed by atoms with Crippen LogP contribution in [0.3, 0.4) is 0 Å². The van der Waals surface area contributed by atoms with Gasteiger partial charge in [0.2, 0.25) is 5.91 Å². The predicted octanol–water partition coefficient (Wildman–Crippen LogP) is 1.30. The Bertz CT molecular complexity index is 550. The van der Waals surface area contributed by atoms with Crippen LogP contribution in [0.25, 0.3) is 0 Å². The van der Waals surface area contributed by atoms with E-state index in [0.717, 1.165) is 0 Å². The maximum absolute atomic E-state index is 11.7. The molecule has 8 heteroatoms. The molecular formula is C14H17BrN2O5. The zero-order valence-electron chi connectivity index (χ0n) is 12.0. The number of hydrogen-bond acceptors (Lipinski definition) is 5. The fourth-order valence-corrected chi connectivity index (χ4v) is 2.12. The number of hydrogen-bond donors (Lipinski definition) is 2. The van der Waals surface area contributed by atoms with E-state index in [2.05, 4.69) is 26.2 Å². The summed E-state index contributed by atoms with van der Waals surface area (Å²) in [5, 5.41) is 11.6. The van der Waals surface area contributed by atoms with E-state index in [9.17, 15) is 19.5 Å². The first-order valence-electron chi connectivity index (χ1n) is 6.71. The second-order valence-corrected chi connectivity index (χ2v) is 5.17. The number of esters is 1. The lowest BCUT2D eigenvalue weighted by Gasteiger charge is -2.15. The third kappa shape index (κ3) is 6.21. The highest BCUT2D eigenvalue weighted by molar-refractivity contribution is 9.10. The minimum absolute atomic E-state index is 0.0808. The van der Waals surface area contributed by atoms with Crippen molar-refractivity contribution < 1.29 is 24.2 Å². The summed E-state index contributed by atoms with van der Waals surface area (Å²) in [6, 6.07) is 2.31. The third-order valence-electron chi connectivity index (χ3n) is 2.76. The average molecular weight is 373 g/mol. The van der Waals surface area contributed by atoms with Crippen molar-refractivity contribution in [2.24, 2.45) is 0 Å². The molecule has 120 valence electrons. The first-order chi connectivity index (χ1) is 10.4. The number of rotatable bonds is 8. The van der Waals surface area contributed by atoms with Gasteiger partial charge in [-0.1, -0.05) is 6.07 Å².